The van der Waals surface area contributed by atoms with Crippen LogP contribution in [0.25, 0.3) is 0 Å². The van der Waals surface area contributed by atoms with Gasteiger partial charge in [-0.1, -0.05) is 30.3 Å². The Labute approximate surface area is 137 Å². The Morgan fingerprint density at radius 2 is 1.96 bits per heavy atom. The largest absolute Gasteiger partial charge is 0.444 e. The molecule has 0 saturated heterocycles. The Morgan fingerprint density at radius 3 is 2.58 bits per heavy atom. The molecular weight excluding hydrogens is 315 g/mol. The number of nitrogens with zero attached hydrogens (tertiary/aromatic N) is 2. The van der Waals surface area contributed by atoms with Crippen molar-refractivity contribution in [3.63, 3.8) is 0 Å². The van der Waals surface area contributed by atoms with E-state index >= 15 is 0 Å². The highest BCUT2D eigenvalue weighted by Crippen LogP contribution is 2.37. The van der Waals surface area contributed by atoms with E-state index in [-0.39, 0.29) is 24.0 Å². The zero-order valence-electron chi connectivity index (χ0n) is 12.7. The van der Waals surface area contributed by atoms with Crippen LogP contribution in [0.2, 0.25) is 0 Å². The third-order valence-electron chi connectivity index (χ3n) is 3.71. The SMILES string of the molecule is O=C(OCc1ccccc1)N(c1cc(F)ccc1[N+](=O)[O-])C1CC1. The Kier molecular flexibility index (Phi) is 4.41. The maximum Gasteiger partial charge on any atom is 0.415 e. The standard InChI is InChI=1S/C17H15FN2O4/c18-13-6-9-15(20(22)23)16(10-13)19(14-7-8-14)17(21)24-11-12-4-2-1-3-5-12/h1-6,9-10,14H,7-8,11H2. The van der Waals surface area contributed by atoms with Crippen molar-refractivity contribution in [3.05, 3.63) is 70.0 Å². The normalized spacial score (nSPS) is 13.4. The zero-order valence-corrected chi connectivity index (χ0v) is 12.7. The number of rotatable bonds is 5. The predicted octanol–water partition coefficient (Wildman–Crippen LogP) is 4.04. The number of anilines is 1. The van der Waals surface area contributed by atoms with Crippen LogP contribution in [-0.2, 0) is 11.3 Å². The summed E-state index contributed by atoms with van der Waals surface area (Å²) >= 11 is 0. The van der Waals surface area contributed by atoms with Gasteiger partial charge in [0.05, 0.1) is 4.92 Å². The number of hydrogen-bond acceptors (Lipinski definition) is 4. The number of nitro groups is 1. The van der Waals surface area contributed by atoms with Crippen molar-refractivity contribution in [3.8, 4) is 0 Å². The molecule has 2 aromatic rings. The summed E-state index contributed by atoms with van der Waals surface area (Å²) in [5, 5.41) is 11.2. The van der Waals surface area contributed by atoms with Gasteiger partial charge in [-0.2, -0.15) is 0 Å². The molecule has 1 fully saturated rings. The molecule has 1 amide bonds. The second-order valence-electron chi connectivity index (χ2n) is 5.53. The Hall–Kier alpha value is -2.96. The van der Waals surface area contributed by atoms with Crippen LogP contribution in [0.1, 0.15) is 18.4 Å². The minimum Gasteiger partial charge on any atom is -0.444 e. The van der Waals surface area contributed by atoms with Crippen molar-refractivity contribution in [2.45, 2.75) is 25.5 Å². The van der Waals surface area contributed by atoms with Crippen molar-refractivity contribution in [2.75, 3.05) is 4.90 Å². The Bertz CT molecular complexity index is 762. The fourth-order valence-electron chi connectivity index (χ4n) is 2.41. The summed E-state index contributed by atoms with van der Waals surface area (Å²) in [5.41, 5.74) is 0.413. The lowest BCUT2D eigenvalue weighted by Gasteiger charge is -2.21. The van der Waals surface area contributed by atoms with Crippen LogP contribution in [0.15, 0.2) is 48.5 Å². The van der Waals surface area contributed by atoms with Gasteiger partial charge in [0.25, 0.3) is 5.69 Å². The lowest BCUT2D eigenvalue weighted by Crippen LogP contribution is -2.34. The average Bonchev–Trinajstić information content (AvgIpc) is 3.39. The molecule has 124 valence electrons. The van der Waals surface area contributed by atoms with E-state index in [9.17, 15) is 19.3 Å². The van der Waals surface area contributed by atoms with Gasteiger partial charge in [-0.25, -0.2) is 9.18 Å². The molecule has 24 heavy (non-hydrogen) atoms. The van der Waals surface area contributed by atoms with E-state index in [0.717, 1.165) is 23.8 Å². The summed E-state index contributed by atoms with van der Waals surface area (Å²) < 4.78 is 18.8. The van der Waals surface area contributed by atoms with Crippen LogP contribution in [-0.4, -0.2) is 17.1 Å². The van der Waals surface area contributed by atoms with Gasteiger partial charge in [-0.05, 0) is 24.5 Å². The van der Waals surface area contributed by atoms with E-state index in [1.54, 1.807) is 12.1 Å². The summed E-state index contributed by atoms with van der Waals surface area (Å²) in [6, 6.07) is 12.0. The molecule has 7 heteroatoms. The molecule has 2 aromatic carbocycles. The highest BCUT2D eigenvalue weighted by molar-refractivity contribution is 5.91. The summed E-state index contributed by atoms with van der Waals surface area (Å²) in [5.74, 6) is -0.642. The molecule has 3 rings (SSSR count). The number of carbonyl (C=O) groups excluding carboxylic acids is 1. The molecule has 0 unspecified atom stereocenters. The van der Waals surface area contributed by atoms with Gasteiger partial charge in [0.2, 0.25) is 0 Å². The molecule has 1 aliphatic rings. The second-order valence-corrected chi connectivity index (χ2v) is 5.53. The van der Waals surface area contributed by atoms with Crippen LogP contribution in [0, 0.1) is 15.9 Å². The maximum atomic E-state index is 13.6. The van der Waals surface area contributed by atoms with Gasteiger partial charge < -0.3 is 4.74 Å². The summed E-state index contributed by atoms with van der Waals surface area (Å²) in [4.78, 5) is 24.2. The Balaban J connectivity index is 1.84. The number of nitro benzene ring substituents is 1. The third-order valence-corrected chi connectivity index (χ3v) is 3.71. The number of benzene rings is 2. The van der Waals surface area contributed by atoms with Crippen LogP contribution in [0.5, 0.6) is 0 Å². The Morgan fingerprint density at radius 1 is 1.25 bits per heavy atom. The van der Waals surface area contributed by atoms with Gasteiger partial charge in [0, 0.05) is 18.2 Å². The van der Waals surface area contributed by atoms with Crippen molar-refractivity contribution in [1.29, 1.82) is 0 Å². The fourth-order valence-corrected chi connectivity index (χ4v) is 2.41. The van der Waals surface area contributed by atoms with E-state index in [1.807, 2.05) is 18.2 Å². The number of hydrogen-bond donors (Lipinski definition) is 0. The molecule has 1 aliphatic carbocycles. The lowest BCUT2D eigenvalue weighted by molar-refractivity contribution is -0.384. The lowest BCUT2D eigenvalue weighted by atomic mass is 10.2. The van der Waals surface area contributed by atoms with E-state index < -0.39 is 16.8 Å². The highest BCUT2D eigenvalue weighted by atomic mass is 19.1. The fraction of sp³-hybridized carbons (Fsp3) is 0.235. The van der Waals surface area contributed by atoms with Gasteiger partial charge in [0.1, 0.15) is 18.1 Å². The minimum atomic E-state index is -0.713. The molecule has 0 bridgehead atoms. The maximum absolute atomic E-state index is 13.6. The number of halogens is 1. The molecule has 0 aromatic heterocycles. The van der Waals surface area contributed by atoms with Crippen molar-refractivity contribution in [2.24, 2.45) is 0 Å². The van der Waals surface area contributed by atoms with Crippen molar-refractivity contribution >= 4 is 17.5 Å². The first kappa shape index (κ1) is 15.9. The molecule has 6 nitrogen and oxygen atoms in total. The van der Waals surface area contributed by atoms with Crippen molar-refractivity contribution < 1.29 is 18.8 Å². The molecule has 0 atom stereocenters. The van der Waals surface area contributed by atoms with E-state index in [0.29, 0.717) is 12.8 Å². The number of ether oxygens (including phenoxy) is 1. The van der Waals surface area contributed by atoms with Gasteiger partial charge in [0.15, 0.2) is 0 Å². The quantitative estimate of drug-likeness (QED) is 0.612. The molecule has 0 radical (unpaired) electrons. The molecule has 0 heterocycles. The van der Waals surface area contributed by atoms with E-state index in [4.69, 9.17) is 4.74 Å². The van der Waals surface area contributed by atoms with E-state index in [2.05, 4.69) is 0 Å². The molecule has 1 saturated carbocycles. The molecule has 0 spiro atoms. The average molecular weight is 330 g/mol. The highest BCUT2D eigenvalue weighted by Gasteiger charge is 2.38. The van der Waals surface area contributed by atoms with Gasteiger partial charge in [-0.3, -0.25) is 15.0 Å². The first-order valence-electron chi connectivity index (χ1n) is 7.50. The summed E-state index contributed by atoms with van der Waals surface area (Å²) in [6.07, 6.45) is 0.692. The van der Waals surface area contributed by atoms with Crippen LogP contribution >= 0.6 is 0 Å². The topological polar surface area (TPSA) is 72.7 Å². The van der Waals surface area contributed by atoms with E-state index in [1.165, 1.54) is 4.90 Å². The summed E-state index contributed by atoms with van der Waals surface area (Å²) in [7, 11) is 0. The van der Waals surface area contributed by atoms with Crippen LogP contribution < -0.4 is 4.90 Å². The monoisotopic (exact) mass is 330 g/mol. The molecule has 0 N–H and O–H groups in total. The molecular formula is C17H15FN2O4. The molecule has 0 aliphatic heterocycles. The van der Waals surface area contributed by atoms with Gasteiger partial charge >= 0.3 is 6.09 Å². The van der Waals surface area contributed by atoms with Crippen LogP contribution in [0.3, 0.4) is 0 Å². The van der Waals surface area contributed by atoms with Gasteiger partial charge in [-0.15, -0.1) is 0 Å². The first-order chi connectivity index (χ1) is 11.6. The van der Waals surface area contributed by atoms with Crippen LogP contribution in [0.4, 0.5) is 20.6 Å². The number of amides is 1. The van der Waals surface area contributed by atoms with Crippen molar-refractivity contribution in [1.82, 2.24) is 0 Å². The third kappa shape index (κ3) is 3.51. The second kappa shape index (κ2) is 6.66. The minimum absolute atomic E-state index is 0.0476. The summed E-state index contributed by atoms with van der Waals surface area (Å²) in [6.45, 7) is 0.0476. The smallest absolute Gasteiger partial charge is 0.415 e. The number of carbonyl (C=O) groups is 1. The zero-order chi connectivity index (χ0) is 17.1. The first-order valence-corrected chi connectivity index (χ1v) is 7.50. The predicted molar refractivity (Wildman–Crippen MR) is 85.2 cm³/mol.